The molecule has 2 N–H and O–H groups in total. The molecule has 0 aromatic heterocycles. The zero-order valence-electron chi connectivity index (χ0n) is 10.8. The summed E-state index contributed by atoms with van der Waals surface area (Å²) in [5.74, 6) is -0.116. The van der Waals surface area contributed by atoms with Crippen LogP contribution in [-0.2, 0) is 11.2 Å². The summed E-state index contributed by atoms with van der Waals surface area (Å²) >= 11 is 0. The maximum Gasteiger partial charge on any atom is 0.126 e. The van der Waals surface area contributed by atoms with Gasteiger partial charge in [0.25, 0.3) is 0 Å². The molecule has 1 aromatic carbocycles. The molecule has 2 atom stereocenters. The fraction of sp³-hybridized carbons (Fsp3) is 0.571. The van der Waals surface area contributed by atoms with Crippen molar-refractivity contribution < 1.29 is 9.13 Å². The molecule has 3 nitrogen and oxygen atoms in total. The SMILES string of the molecule is CC1CN(CCc2ccccc2F)CC(CN)O1. The van der Waals surface area contributed by atoms with Crippen molar-refractivity contribution in [3.05, 3.63) is 35.6 Å². The molecule has 0 aliphatic carbocycles. The van der Waals surface area contributed by atoms with E-state index in [0.717, 1.165) is 31.6 Å². The molecule has 1 fully saturated rings. The predicted octanol–water partition coefficient (Wildman–Crippen LogP) is 1.42. The van der Waals surface area contributed by atoms with Crippen LogP contribution in [0, 0.1) is 5.82 Å². The molecular weight excluding hydrogens is 231 g/mol. The summed E-state index contributed by atoms with van der Waals surface area (Å²) in [4.78, 5) is 2.30. The van der Waals surface area contributed by atoms with E-state index >= 15 is 0 Å². The maximum absolute atomic E-state index is 13.5. The average Bonchev–Trinajstić information content (AvgIpc) is 2.37. The number of benzene rings is 1. The molecule has 0 spiro atoms. The number of hydrogen-bond donors (Lipinski definition) is 1. The molecule has 2 unspecified atom stereocenters. The van der Waals surface area contributed by atoms with Gasteiger partial charge in [0, 0.05) is 26.2 Å². The van der Waals surface area contributed by atoms with Crippen LogP contribution >= 0.6 is 0 Å². The first kappa shape index (κ1) is 13.5. The molecule has 0 amide bonds. The molecule has 1 heterocycles. The topological polar surface area (TPSA) is 38.5 Å². The van der Waals surface area contributed by atoms with Crippen molar-refractivity contribution in [2.24, 2.45) is 5.73 Å². The minimum absolute atomic E-state index is 0.106. The second kappa shape index (κ2) is 6.27. The molecule has 1 aromatic rings. The highest BCUT2D eigenvalue weighted by molar-refractivity contribution is 5.17. The van der Waals surface area contributed by atoms with Gasteiger partial charge in [0.05, 0.1) is 12.2 Å². The number of nitrogens with zero attached hydrogens (tertiary/aromatic N) is 1. The van der Waals surface area contributed by atoms with Crippen LogP contribution in [0.15, 0.2) is 24.3 Å². The van der Waals surface area contributed by atoms with Gasteiger partial charge in [-0.3, -0.25) is 4.90 Å². The highest BCUT2D eigenvalue weighted by atomic mass is 19.1. The van der Waals surface area contributed by atoms with Crippen LogP contribution in [-0.4, -0.2) is 43.3 Å². The van der Waals surface area contributed by atoms with Crippen LogP contribution in [0.25, 0.3) is 0 Å². The van der Waals surface area contributed by atoms with E-state index in [1.165, 1.54) is 6.07 Å². The first-order chi connectivity index (χ1) is 8.69. The van der Waals surface area contributed by atoms with E-state index in [4.69, 9.17) is 10.5 Å². The zero-order chi connectivity index (χ0) is 13.0. The molecule has 0 bridgehead atoms. The van der Waals surface area contributed by atoms with Crippen molar-refractivity contribution in [3.63, 3.8) is 0 Å². The second-order valence-electron chi connectivity index (χ2n) is 4.91. The number of nitrogens with two attached hydrogens (primary N) is 1. The van der Waals surface area contributed by atoms with Crippen LogP contribution in [0.4, 0.5) is 4.39 Å². The van der Waals surface area contributed by atoms with Crippen molar-refractivity contribution >= 4 is 0 Å². The summed E-state index contributed by atoms with van der Waals surface area (Å²) < 4.78 is 19.2. The lowest BCUT2D eigenvalue weighted by molar-refractivity contribution is -0.0716. The first-order valence-corrected chi connectivity index (χ1v) is 6.50. The van der Waals surface area contributed by atoms with E-state index < -0.39 is 0 Å². The number of halogens is 1. The van der Waals surface area contributed by atoms with Crippen molar-refractivity contribution in [1.82, 2.24) is 4.90 Å². The molecule has 1 saturated heterocycles. The van der Waals surface area contributed by atoms with Crippen LogP contribution in [0.3, 0.4) is 0 Å². The normalized spacial score (nSPS) is 25.3. The van der Waals surface area contributed by atoms with Crippen molar-refractivity contribution in [2.45, 2.75) is 25.6 Å². The van der Waals surface area contributed by atoms with Crippen LogP contribution in [0.5, 0.6) is 0 Å². The van der Waals surface area contributed by atoms with Crippen molar-refractivity contribution in [1.29, 1.82) is 0 Å². The third-order valence-electron chi connectivity index (χ3n) is 3.32. The summed E-state index contributed by atoms with van der Waals surface area (Å²) in [5, 5.41) is 0. The third kappa shape index (κ3) is 3.51. The lowest BCUT2D eigenvalue weighted by atomic mass is 10.1. The highest BCUT2D eigenvalue weighted by Gasteiger charge is 2.23. The van der Waals surface area contributed by atoms with Crippen LogP contribution in [0.2, 0.25) is 0 Å². The van der Waals surface area contributed by atoms with E-state index in [9.17, 15) is 4.39 Å². The van der Waals surface area contributed by atoms with E-state index in [2.05, 4.69) is 11.8 Å². The third-order valence-corrected chi connectivity index (χ3v) is 3.32. The summed E-state index contributed by atoms with van der Waals surface area (Å²) in [6, 6.07) is 6.96. The fourth-order valence-corrected chi connectivity index (χ4v) is 2.43. The number of morpholine rings is 1. The van der Waals surface area contributed by atoms with Gasteiger partial charge in [-0.2, -0.15) is 0 Å². The van der Waals surface area contributed by atoms with Crippen LogP contribution < -0.4 is 5.73 Å². The molecule has 4 heteroatoms. The van der Waals surface area contributed by atoms with Gasteiger partial charge in [-0.25, -0.2) is 4.39 Å². The van der Waals surface area contributed by atoms with Gasteiger partial charge in [0.15, 0.2) is 0 Å². The molecule has 0 radical (unpaired) electrons. The smallest absolute Gasteiger partial charge is 0.126 e. The van der Waals surface area contributed by atoms with Crippen molar-refractivity contribution in [3.8, 4) is 0 Å². The summed E-state index contributed by atoms with van der Waals surface area (Å²) in [7, 11) is 0. The molecule has 18 heavy (non-hydrogen) atoms. The molecule has 0 saturated carbocycles. The van der Waals surface area contributed by atoms with Gasteiger partial charge in [-0.05, 0) is 25.0 Å². The maximum atomic E-state index is 13.5. The number of hydrogen-bond acceptors (Lipinski definition) is 3. The quantitative estimate of drug-likeness (QED) is 0.880. The Hall–Kier alpha value is -0.970. The first-order valence-electron chi connectivity index (χ1n) is 6.50. The van der Waals surface area contributed by atoms with Gasteiger partial charge >= 0.3 is 0 Å². The van der Waals surface area contributed by atoms with Gasteiger partial charge in [-0.1, -0.05) is 18.2 Å². The Balaban J connectivity index is 1.88. The van der Waals surface area contributed by atoms with E-state index in [-0.39, 0.29) is 18.0 Å². The summed E-state index contributed by atoms with van der Waals surface area (Å²) in [6.07, 6.45) is 1.04. The molecule has 1 aliphatic rings. The Labute approximate surface area is 108 Å². The molecule has 1 aliphatic heterocycles. The Morgan fingerprint density at radius 1 is 1.39 bits per heavy atom. The fourth-order valence-electron chi connectivity index (χ4n) is 2.43. The second-order valence-corrected chi connectivity index (χ2v) is 4.91. The van der Waals surface area contributed by atoms with E-state index in [0.29, 0.717) is 6.54 Å². The predicted molar refractivity (Wildman–Crippen MR) is 69.9 cm³/mol. The van der Waals surface area contributed by atoms with Gasteiger partial charge in [0.1, 0.15) is 5.82 Å². The summed E-state index contributed by atoms with van der Waals surface area (Å²) in [5.41, 5.74) is 6.43. The molecule has 100 valence electrons. The van der Waals surface area contributed by atoms with Gasteiger partial charge in [-0.15, -0.1) is 0 Å². The minimum Gasteiger partial charge on any atom is -0.371 e. The minimum atomic E-state index is -0.116. The van der Waals surface area contributed by atoms with Gasteiger partial charge < -0.3 is 10.5 Å². The Morgan fingerprint density at radius 3 is 2.89 bits per heavy atom. The Bertz CT molecular complexity index is 386. The van der Waals surface area contributed by atoms with E-state index in [1.807, 2.05) is 12.1 Å². The standard InChI is InChI=1S/C14H21FN2O/c1-11-9-17(10-13(8-16)18-11)7-6-12-4-2-3-5-14(12)15/h2-5,11,13H,6-10,16H2,1H3. The molecular formula is C14H21FN2O. The summed E-state index contributed by atoms with van der Waals surface area (Å²) in [6.45, 7) is 5.18. The number of rotatable bonds is 4. The molecule has 2 rings (SSSR count). The lowest BCUT2D eigenvalue weighted by Gasteiger charge is -2.36. The number of ether oxygens (including phenoxy) is 1. The average molecular weight is 252 g/mol. The van der Waals surface area contributed by atoms with E-state index in [1.54, 1.807) is 6.07 Å². The Morgan fingerprint density at radius 2 is 2.17 bits per heavy atom. The Kier molecular flexibility index (Phi) is 4.69. The van der Waals surface area contributed by atoms with Gasteiger partial charge in [0.2, 0.25) is 0 Å². The van der Waals surface area contributed by atoms with Crippen LogP contribution in [0.1, 0.15) is 12.5 Å². The largest absolute Gasteiger partial charge is 0.371 e. The lowest BCUT2D eigenvalue weighted by Crippen LogP contribution is -2.49. The zero-order valence-corrected chi connectivity index (χ0v) is 10.8. The highest BCUT2D eigenvalue weighted by Crippen LogP contribution is 2.13. The monoisotopic (exact) mass is 252 g/mol. The van der Waals surface area contributed by atoms with Crippen molar-refractivity contribution in [2.75, 3.05) is 26.2 Å².